The van der Waals surface area contributed by atoms with Crippen molar-refractivity contribution >= 4 is 11.6 Å². The van der Waals surface area contributed by atoms with E-state index in [2.05, 4.69) is 0 Å². The molecule has 0 aliphatic heterocycles. The Bertz CT molecular complexity index is 625. The highest BCUT2D eigenvalue weighted by molar-refractivity contribution is 6.30. The molecule has 112 valence electrons. The van der Waals surface area contributed by atoms with Gasteiger partial charge in [-0.25, -0.2) is 0 Å². The zero-order valence-electron chi connectivity index (χ0n) is 12.4. The fraction of sp³-hybridized carbons (Fsp3) is 0.294. The van der Waals surface area contributed by atoms with Crippen molar-refractivity contribution in [1.29, 1.82) is 0 Å². The average molecular weight is 307 g/mol. The highest BCUT2D eigenvalue weighted by atomic mass is 35.5. The molecule has 1 atom stereocenters. The molecule has 0 aromatic heterocycles. The molecule has 0 saturated heterocycles. The van der Waals surface area contributed by atoms with E-state index in [1.807, 2.05) is 31.2 Å². The number of methoxy groups -OCH3 is 2. The molecular weight excluding hydrogens is 288 g/mol. The van der Waals surface area contributed by atoms with E-state index >= 15 is 0 Å². The zero-order valence-corrected chi connectivity index (χ0v) is 13.1. The Labute approximate surface area is 130 Å². The number of rotatable bonds is 5. The molecule has 0 bridgehead atoms. The second-order valence-electron chi connectivity index (χ2n) is 4.92. The Hall–Kier alpha value is -1.71. The van der Waals surface area contributed by atoms with Crippen molar-refractivity contribution in [2.45, 2.75) is 19.4 Å². The monoisotopic (exact) mass is 306 g/mol. The van der Waals surface area contributed by atoms with E-state index in [0.29, 0.717) is 22.9 Å². The van der Waals surface area contributed by atoms with E-state index in [9.17, 15) is 5.11 Å². The standard InChI is InChI=1S/C17H19ClO3/c1-11-4-6-14(17(8-11)21-3)15(19)10-12-9-13(18)5-7-16(12)20-2/h4-9,15,19H,10H2,1-3H3. The van der Waals surface area contributed by atoms with Crippen molar-refractivity contribution in [2.75, 3.05) is 14.2 Å². The first-order chi connectivity index (χ1) is 10.0. The average Bonchev–Trinajstić information content (AvgIpc) is 2.47. The lowest BCUT2D eigenvalue weighted by molar-refractivity contribution is 0.173. The minimum absolute atomic E-state index is 0.406. The predicted molar refractivity (Wildman–Crippen MR) is 84.4 cm³/mol. The molecule has 0 spiro atoms. The zero-order chi connectivity index (χ0) is 15.4. The summed E-state index contributed by atoms with van der Waals surface area (Å²) in [7, 11) is 3.20. The van der Waals surface area contributed by atoms with Crippen molar-refractivity contribution < 1.29 is 14.6 Å². The Morgan fingerprint density at radius 2 is 1.76 bits per heavy atom. The molecule has 1 unspecified atom stereocenters. The number of hydrogen-bond donors (Lipinski definition) is 1. The number of aliphatic hydroxyl groups is 1. The first-order valence-corrected chi connectivity index (χ1v) is 7.08. The van der Waals surface area contributed by atoms with Crippen molar-refractivity contribution in [2.24, 2.45) is 0 Å². The first kappa shape index (κ1) is 15.7. The summed E-state index contributed by atoms with van der Waals surface area (Å²) in [5.74, 6) is 1.40. The van der Waals surface area contributed by atoms with Gasteiger partial charge >= 0.3 is 0 Å². The Balaban J connectivity index is 2.30. The number of aliphatic hydroxyl groups excluding tert-OH is 1. The minimum Gasteiger partial charge on any atom is -0.496 e. The predicted octanol–water partition coefficient (Wildman–Crippen LogP) is 3.94. The maximum Gasteiger partial charge on any atom is 0.124 e. The number of ether oxygens (including phenoxy) is 2. The summed E-state index contributed by atoms with van der Waals surface area (Å²) in [6.07, 6.45) is -0.281. The van der Waals surface area contributed by atoms with E-state index in [1.165, 1.54) is 0 Å². The number of aryl methyl sites for hydroxylation is 1. The Kier molecular flexibility index (Phi) is 5.10. The van der Waals surface area contributed by atoms with E-state index < -0.39 is 6.10 Å². The van der Waals surface area contributed by atoms with Crippen LogP contribution in [0.4, 0.5) is 0 Å². The lowest BCUT2D eigenvalue weighted by atomic mass is 9.99. The summed E-state index contributed by atoms with van der Waals surface area (Å²) in [4.78, 5) is 0. The molecule has 0 fully saturated rings. The number of hydrogen-bond acceptors (Lipinski definition) is 3. The molecule has 0 aliphatic rings. The van der Waals surface area contributed by atoms with Gasteiger partial charge in [-0.15, -0.1) is 0 Å². The fourth-order valence-corrected chi connectivity index (χ4v) is 2.51. The fourth-order valence-electron chi connectivity index (χ4n) is 2.32. The van der Waals surface area contributed by atoms with Crippen LogP contribution in [0, 0.1) is 6.92 Å². The van der Waals surface area contributed by atoms with Crippen LogP contribution in [0.15, 0.2) is 36.4 Å². The van der Waals surface area contributed by atoms with Gasteiger partial charge in [-0.3, -0.25) is 0 Å². The molecule has 2 aromatic carbocycles. The van der Waals surface area contributed by atoms with Gasteiger partial charge in [-0.1, -0.05) is 23.7 Å². The lowest BCUT2D eigenvalue weighted by Gasteiger charge is -2.17. The molecule has 2 aromatic rings. The van der Waals surface area contributed by atoms with Gasteiger partial charge < -0.3 is 14.6 Å². The Morgan fingerprint density at radius 1 is 1.05 bits per heavy atom. The molecule has 1 N–H and O–H groups in total. The van der Waals surface area contributed by atoms with E-state index in [4.69, 9.17) is 21.1 Å². The lowest BCUT2D eigenvalue weighted by Crippen LogP contribution is -2.05. The molecule has 3 nitrogen and oxygen atoms in total. The SMILES string of the molecule is COc1ccc(Cl)cc1CC(O)c1ccc(C)cc1OC. The first-order valence-electron chi connectivity index (χ1n) is 6.70. The van der Waals surface area contributed by atoms with Crippen LogP contribution in [-0.2, 0) is 6.42 Å². The van der Waals surface area contributed by atoms with Crippen LogP contribution in [0.2, 0.25) is 5.02 Å². The van der Waals surface area contributed by atoms with Gasteiger partial charge in [0.05, 0.1) is 20.3 Å². The molecule has 0 heterocycles. The summed E-state index contributed by atoms with van der Waals surface area (Å²) in [6.45, 7) is 1.98. The second-order valence-corrected chi connectivity index (χ2v) is 5.36. The minimum atomic E-state index is -0.687. The smallest absolute Gasteiger partial charge is 0.124 e. The highest BCUT2D eigenvalue weighted by Crippen LogP contribution is 2.32. The number of benzene rings is 2. The van der Waals surface area contributed by atoms with Crippen LogP contribution in [-0.4, -0.2) is 19.3 Å². The molecule has 0 saturated carbocycles. The molecule has 2 rings (SSSR count). The van der Waals surface area contributed by atoms with Crippen LogP contribution in [0.3, 0.4) is 0 Å². The van der Waals surface area contributed by atoms with E-state index in [-0.39, 0.29) is 0 Å². The quantitative estimate of drug-likeness (QED) is 0.909. The van der Waals surface area contributed by atoms with Gasteiger partial charge in [-0.2, -0.15) is 0 Å². The Morgan fingerprint density at radius 3 is 2.43 bits per heavy atom. The van der Waals surface area contributed by atoms with Crippen molar-refractivity contribution in [3.05, 3.63) is 58.1 Å². The molecule has 0 aliphatic carbocycles. The van der Waals surface area contributed by atoms with Crippen LogP contribution in [0.1, 0.15) is 22.8 Å². The maximum atomic E-state index is 10.5. The van der Waals surface area contributed by atoms with Crippen molar-refractivity contribution in [1.82, 2.24) is 0 Å². The summed E-state index contributed by atoms with van der Waals surface area (Å²) >= 11 is 6.02. The van der Waals surface area contributed by atoms with Crippen LogP contribution in [0.25, 0.3) is 0 Å². The number of halogens is 1. The summed E-state index contributed by atoms with van der Waals surface area (Å²) in [5.41, 5.74) is 2.70. The van der Waals surface area contributed by atoms with Gasteiger partial charge in [0.1, 0.15) is 11.5 Å². The van der Waals surface area contributed by atoms with Gasteiger partial charge in [0.15, 0.2) is 0 Å². The summed E-state index contributed by atoms with van der Waals surface area (Å²) in [5, 5.41) is 11.1. The van der Waals surface area contributed by atoms with Crippen molar-refractivity contribution in [3.8, 4) is 11.5 Å². The van der Waals surface area contributed by atoms with Gasteiger partial charge in [0.2, 0.25) is 0 Å². The van der Waals surface area contributed by atoms with E-state index in [0.717, 1.165) is 16.7 Å². The van der Waals surface area contributed by atoms with Crippen LogP contribution >= 0.6 is 11.6 Å². The summed E-state index contributed by atoms with van der Waals surface area (Å²) in [6, 6.07) is 11.1. The van der Waals surface area contributed by atoms with Crippen molar-refractivity contribution in [3.63, 3.8) is 0 Å². The maximum absolute atomic E-state index is 10.5. The molecular formula is C17H19ClO3. The summed E-state index contributed by atoms with van der Waals surface area (Å²) < 4.78 is 10.7. The van der Waals surface area contributed by atoms with Gasteiger partial charge in [-0.05, 0) is 42.3 Å². The van der Waals surface area contributed by atoms with Gasteiger partial charge in [0.25, 0.3) is 0 Å². The van der Waals surface area contributed by atoms with Crippen LogP contribution in [0.5, 0.6) is 11.5 Å². The third kappa shape index (κ3) is 3.69. The van der Waals surface area contributed by atoms with E-state index in [1.54, 1.807) is 26.4 Å². The van der Waals surface area contributed by atoms with Gasteiger partial charge in [0, 0.05) is 17.0 Å². The third-order valence-corrected chi connectivity index (χ3v) is 3.64. The normalized spacial score (nSPS) is 12.0. The third-order valence-electron chi connectivity index (χ3n) is 3.40. The highest BCUT2D eigenvalue weighted by Gasteiger charge is 2.16. The molecule has 0 radical (unpaired) electrons. The topological polar surface area (TPSA) is 38.7 Å². The largest absolute Gasteiger partial charge is 0.496 e. The molecule has 0 amide bonds. The molecule has 21 heavy (non-hydrogen) atoms. The van der Waals surface area contributed by atoms with Crippen LogP contribution < -0.4 is 9.47 Å². The second kappa shape index (κ2) is 6.83. The molecule has 4 heteroatoms.